The van der Waals surface area contributed by atoms with E-state index in [1.54, 1.807) is 0 Å². The predicted molar refractivity (Wildman–Crippen MR) is 96.1 cm³/mol. The summed E-state index contributed by atoms with van der Waals surface area (Å²) in [6, 6.07) is 19.8. The molecule has 0 aliphatic heterocycles. The summed E-state index contributed by atoms with van der Waals surface area (Å²) in [6.45, 7) is 0.865. The van der Waals surface area contributed by atoms with Crippen LogP contribution in [-0.4, -0.2) is 18.5 Å². The van der Waals surface area contributed by atoms with Crippen molar-refractivity contribution in [3.8, 4) is 0 Å². The number of rotatable bonds is 7. The Morgan fingerprint density at radius 3 is 2.58 bits per heavy atom. The summed E-state index contributed by atoms with van der Waals surface area (Å²) in [5.41, 5.74) is 0. The van der Waals surface area contributed by atoms with Crippen molar-refractivity contribution in [2.24, 2.45) is 11.8 Å². The normalized spacial score (nSPS) is 24.6. The van der Waals surface area contributed by atoms with Gasteiger partial charge in [0.15, 0.2) is 3.57 Å². The molecule has 2 aliphatic rings. The number of allylic oxidation sites excluding steroid dienone is 1. The SMILES string of the molecule is C1=CC2CC1CC2OCCSc1ccccc1[I+]c1ccccc1. The van der Waals surface area contributed by atoms with Crippen molar-refractivity contribution in [1.29, 1.82) is 0 Å². The number of thioether (sulfide) groups is 1. The minimum Gasteiger partial charge on any atom is -0.377 e. The number of benzene rings is 2. The summed E-state index contributed by atoms with van der Waals surface area (Å²) in [7, 11) is 0. The lowest BCUT2D eigenvalue weighted by Gasteiger charge is -2.18. The van der Waals surface area contributed by atoms with Crippen LogP contribution in [0.2, 0.25) is 0 Å². The average Bonchev–Trinajstić information content (AvgIpc) is 3.24. The Kier molecular flexibility index (Phi) is 5.60. The van der Waals surface area contributed by atoms with Gasteiger partial charge in [-0.05, 0) is 43.0 Å². The molecule has 0 radical (unpaired) electrons. The van der Waals surface area contributed by atoms with Crippen LogP contribution in [0.25, 0.3) is 0 Å². The first-order valence-electron chi connectivity index (χ1n) is 8.60. The Labute approximate surface area is 159 Å². The largest absolute Gasteiger partial charge is 0.377 e. The predicted octanol–water partition coefficient (Wildman–Crippen LogP) is 1.89. The van der Waals surface area contributed by atoms with Gasteiger partial charge in [0, 0.05) is 11.7 Å². The van der Waals surface area contributed by atoms with E-state index in [2.05, 4.69) is 66.7 Å². The van der Waals surface area contributed by atoms with Crippen molar-refractivity contribution >= 4 is 11.8 Å². The zero-order chi connectivity index (χ0) is 16.2. The van der Waals surface area contributed by atoms with Crippen LogP contribution in [0, 0.1) is 19.0 Å². The molecule has 24 heavy (non-hydrogen) atoms. The molecule has 0 aromatic heterocycles. The quantitative estimate of drug-likeness (QED) is 0.277. The fourth-order valence-electron chi connectivity index (χ4n) is 3.51. The molecule has 0 spiro atoms. The molecule has 2 aromatic carbocycles. The van der Waals surface area contributed by atoms with Gasteiger partial charge in [-0.25, -0.2) is 0 Å². The topological polar surface area (TPSA) is 9.23 Å². The summed E-state index contributed by atoms with van der Waals surface area (Å²) in [4.78, 5) is 1.44. The molecule has 1 saturated carbocycles. The van der Waals surface area contributed by atoms with Gasteiger partial charge in [-0.3, -0.25) is 0 Å². The van der Waals surface area contributed by atoms with Gasteiger partial charge in [-0.1, -0.05) is 42.5 Å². The van der Waals surface area contributed by atoms with Crippen molar-refractivity contribution < 1.29 is 25.9 Å². The van der Waals surface area contributed by atoms with Gasteiger partial charge in [0.1, 0.15) is 0 Å². The van der Waals surface area contributed by atoms with Crippen LogP contribution >= 0.6 is 11.8 Å². The molecular formula is C21H22IOS+. The van der Waals surface area contributed by atoms with Gasteiger partial charge < -0.3 is 4.74 Å². The molecule has 2 bridgehead atoms. The molecule has 2 aromatic rings. The molecule has 1 fully saturated rings. The second-order valence-corrected chi connectivity index (χ2v) is 10.4. The molecular weight excluding hydrogens is 427 g/mol. The van der Waals surface area contributed by atoms with Crippen LogP contribution in [0.1, 0.15) is 12.8 Å². The van der Waals surface area contributed by atoms with Crippen molar-refractivity contribution in [2.75, 3.05) is 12.4 Å². The third kappa shape index (κ3) is 4.06. The molecule has 3 unspecified atom stereocenters. The van der Waals surface area contributed by atoms with E-state index in [9.17, 15) is 0 Å². The van der Waals surface area contributed by atoms with E-state index in [4.69, 9.17) is 4.74 Å². The maximum atomic E-state index is 6.15. The van der Waals surface area contributed by atoms with Crippen LogP contribution < -0.4 is 21.2 Å². The second-order valence-electron chi connectivity index (χ2n) is 6.36. The standard InChI is InChI=1S/C21H22IOS/c1-2-6-18(7-3-1)22-19-8-4-5-9-21(19)24-13-12-23-20-15-16-10-11-17(20)14-16/h1-11,16-17,20H,12-15H2/q+1. The van der Waals surface area contributed by atoms with E-state index in [0.29, 0.717) is 12.0 Å². The first-order valence-corrected chi connectivity index (χ1v) is 11.7. The zero-order valence-electron chi connectivity index (χ0n) is 13.6. The first kappa shape index (κ1) is 16.7. The number of hydrogen-bond acceptors (Lipinski definition) is 2. The van der Waals surface area contributed by atoms with Gasteiger partial charge in [-0.2, -0.15) is 0 Å². The van der Waals surface area contributed by atoms with Gasteiger partial charge >= 0.3 is 21.2 Å². The number of fused-ring (bicyclic) bond motifs is 2. The third-order valence-corrected chi connectivity index (χ3v) is 8.94. The Bertz CT molecular complexity index is 700. The third-order valence-electron chi connectivity index (χ3n) is 4.67. The lowest BCUT2D eigenvalue weighted by molar-refractivity contribution is -0.601. The number of halogens is 1. The van der Waals surface area contributed by atoms with E-state index in [0.717, 1.165) is 18.3 Å². The Hall–Kier alpha value is -0.780. The number of ether oxygens (including phenoxy) is 1. The maximum absolute atomic E-state index is 6.15. The average molecular weight is 449 g/mol. The van der Waals surface area contributed by atoms with Gasteiger partial charge in [0.05, 0.1) is 17.6 Å². The van der Waals surface area contributed by atoms with Crippen LogP contribution in [0.3, 0.4) is 0 Å². The van der Waals surface area contributed by atoms with Crippen LogP contribution in [-0.2, 0) is 4.74 Å². The zero-order valence-corrected chi connectivity index (χ0v) is 16.6. The number of hydrogen-bond donors (Lipinski definition) is 0. The second kappa shape index (κ2) is 8.07. The monoisotopic (exact) mass is 449 g/mol. The highest BCUT2D eigenvalue weighted by Gasteiger charge is 2.36. The highest BCUT2D eigenvalue weighted by molar-refractivity contribution is 7.99. The molecule has 2 aliphatic carbocycles. The molecule has 124 valence electrons. The summed E-state index contributed by atoms with van der Waals surface area (Å²) < 4.78 is 9.16. The Morgan fingerprint density at radius 2 is 1.79 bits per heavy atom. The molecule has 0 amide bonds. The first-order chi connectivity index (χ1) is 11.9. The van der Waals surface area contributed by atoms with Gasteiger partial charge in [-0.15, -0.1) is 11.8 Å². The molecule has 4 rings (SSSR count). The van der Waals surface area contributed by atoms with Crippen molar-refractivity contribution in [3.63, 3.8) is 0 Å². The lowest BCUT2D eigenvalue weighted by atomic mass is 10.1. The van der Waals surface area contributed by atoms with E-state index in [1.165, 1.54) is 24.9 Å². The van der Waals surface area contributed by atoms with Crippen molar-refractivity contribution in [1.82, 2.24) is 0 Å². The van der Waals surface area contributed by atoms with Crippen LogP contribution in [0.4, 0.5) is 0 Å². The Morgan fingerprint density at radius 1 is 0.958 bits per heavy atom. The summed E-state index contributed by atoms with van der Waals surface area (Å²) in [5, 5.41) is 0. The van der Waals surface area contributed by atoms with Gasteiger partial charge in [0.2, 0.25) is 3.57 Å². The minimum absolute atomic E-state index is 0.0996. The molecule has 0 heterocycles. The highest BCUT2D eigenvalue weighted by atomic mass is 127. The fraction of sp³-hybridized carbons (Fsp3) is 0.333. The highest BCUT2D eigenvalue weighted by Crippen LogP contribution is 2.40. The molecule has 0 N–H and O–H groups in total. The van der Waals surface area contributed by atoms with Gasteiger partial charge in [0.25, 0.3) is 0 Å². The van der Waals surface area contributed by atoms with E-state index < -0.39 is 0 Å². The van der Waals surface area contributed by atoms with E-state index in [1.807, 2.05) is 11.8 Å². The molecule has 3 heteroatoms. The lowest BCUT2D eigenvalue weighted by Crippen LogP contribution is -3.61. The molecule has 3 atom stereocenters. The smallest absolute Gasteiger partial charge is 0.359 e. The summed E-state index contributed by atoms with van der Waals surface area (Å²) in [6.07, 6.45) is 7.78. The minimum atomic E-state index is -0.0996. The van der Waals surface area contributed by atoms with Crippen molar-refractivity contribution in [2.45, 2.75) is 23.8 Å². The molecule has 1 nitrogen and oxygen atoms in total. The molecule has 0 saturated heterocycles. The summed E-state index contributed by atoms with van der Waals surface area (Å²) >= 11 is 1.85. The maximum Gasteiger partial charge on any atom is 0.359 e. The Balaban J connectivity index is 1.29. The van der Waals surface area contributed by atoms with Crippen LogP contribution in [0.15, 0.2) is 71.6 Å². The van der Waals surface area contributed by atoms with E-state index in [-0.39, 0.29) is 21.2 Å². The fourth-order valence-corrected chi connectivity index (χ4v) is 7.29. The van der Waals surface area contributed by atoms with Crippen molar-refractivity contribution in [3.05, 3.63) is 73.9 Å². The van der Waals surface area contributed by atoms with Crippen LogP contribution in [0.5, 0.6) is 0 Å². The van der Waals surface area contributed by atoms with E-state index >= 15 is 0 Å². The summed E-state index contributed by atoms with van der Waals surface area (Å²) in [5.74, 6) is 2.54.